The van der Waals surface area contributed by atoms with Crippen LogP contribution in [0.3, 0.4) is 0 Å². The number of hydrazone groups is 1. The van der Waals surface area contributed by atoms with Gasteiger partial charge in [0.25, 0.3) is 11.6 Å². The maximum atomic E-state index is 12.9. The van der Waals surface area contributed by atoms with Crippen molar-refractivity contribution in [2.45, 2.75) is 12.5 Å². The van der Waals surface area contributed by atoms with Gasteiger partial charge in [0.05, 0.1) is 16.2 Å². The van der Waals surface area contributed by atoms with Gasteiger partial charge >= 0.3 is 0 Å². The minimum Gasteiger partial charge on any atom is -0.387 e. The summed E-state index contributed by atoms with van der Waals surface area (Å²) in [6, 6.07) is 4.53. The topological polar surface area (TPSA) is 168 Å². The zero-order valence-electron chi connectivity index (χ0n) is 17.6. The molecule has 12 nitrogen and oxygen atoms in total. The number of likely N-dealkylation sites (tertiary alicyclic amines) is 1. The molecule has 13 heteroatoms. The summed E-state index contributed by atoms with van der Waals surface area (Å²) >= 11 is 3.28. The summed E-state index contributed by atoms with van der Waals surface area (Å²) < 4.78 is 0.475. The second-order valence-electron chi connectivity index (χ2n) is 7.26. The zero-order valence-corrected chi connectivity index (χ0v) is 19.2. The number of aromatic nitrogens is 1. The van der Waals surface area contributed by atoms with Crippen LogP contribution in [0.4, 0.5) is 17.1 Å². The quantitative estimate of drug-likeness (QED) is 0.143. The number of amides is 1. The number of hydrogen-bond acceptors (Lipinski definition) is 9. The van der Waals surface area contributed by atoms with E-state index in [0.717, 1.165) is 10.8 Å². The van der Waals surface area contributed by atoms with Crippen molar-refractivity contribution in [1.29, 1.82) is 0 Å². The molecular formula is C19H24BrN9O3. The van der Waals surface area contributed by atoms with E-state index in [2.05, 4.69) is 36.6 Å². The monoisotopic (exact) mass is 505 g/mol. The van der Waals surface area contributed by atoms with Gasteiger partial charge in [-0.05, 0) is 18.6 Å². The van der Waals surface area contributed by atoms with Crippen LogP contribution in [0.25, 0.3) is 0 Å². The third-order valence-electron chi connectivity index (χ3n) is 4.92. The van der Waals surface area contributed by atoms with Crippen LogP contribution < -0.4 is 22.2 Å². The number of rotatable bonds is 7. The maximum absolute atomic E-state index is 12.9. The van der Waals surface area contributed by atoms with Gasteiger partial charge in [-0.15, -0.1) is 5.10 Å². The fourth-order valence-corrected chi connectivity index (χ4v) is 3.90. The highest BCUT2D eigenvalue weighted by Crippen LogP contribution is 2.34. The summed E-state index contributed by atoms with van der Waals surface area (Å²) in [7, 11) is 3.24. The molecule has 1 aliphatic rings. The standard InChI is InChI=1S/C19H24BrN9O3/c1-23-14-5-11(8-24-9-14)19(30)28-4-3-13(10-28)25-17-15(18(21)26-27(2)22)6-12(20)7-16(17)29(31)32/h5-9,13,23,25H,3-4,10,22H2,1-2H3,(H2,21,26). The number of nitrogens with zero attached hydrogens (tertiary/aromatic N) is 5. The number of nitro benzene ring substituents is 1. The smallest absolute Gasteiger partial charge is 0.294 e. The normalized spacial score (nSPS) is 16.1. The summed E-state index contributed by atoms with van der Waals surface area (Å²) in [6.07, 6.45) is 3.75. The van der Waals surface area contributed by atoms with Gasteiger partial charge in [-0.1, -0.05) is 15.9 Å². The Bertz CT molecular complexity index is 1060. The molecule has 1 atom stereocenters. The van der Waals surface area contributed by atoms with Gasteiger partial charge in [-0.3, -0.25) is 19.9 Å². The van der Waals surface area contributed by atoms with Crippen molar-refractivity contribution < 1.29 is 9.72 Å². The Hall–Kier alpha value is -3.45. The van der Waals surface area contributed by atoms with Crippen LogP contribution in [0.1, 0.15) is 22.3 Å². The Kier molecular flexibility index (Phi) is 7.10. The number of nitrogens with two attached hydrogens (primary N) is 2. The van der Waals surface area contributed by atoms with Crippen molar-refractivity contribution in [2.75, 3.05) is 37.8 Å². The van der Waals surface area contributed by atoms with Crippen LogP contribution in [-0.4, -0.2) is 64.9 Å². The number of benzene rings is 1. The van der Waals surface area contributed by atoms with E-state index < -0.39 is 4.92 Å². The molecule has 0 bridgehead atoms. The molecular weight excluding hydrogens is 482 g/mol. The Morgan fingerprint density at radius 3 is 2.81 bits per heavy atom. The molecule has 0 aliphatic carbocycles. The highest BCUT2D eigenvalue weighted by molar-refractivity contribution is 9.10. The summed E-state index contributed by atoms with van der Waals surface area (Å²) in [5.41, 5.74) is 7.65. The lowest BCUT2D eigenvalue weighted by Crippen LogP contribution is -2.32. The number of nitrogens with one attached hydrogen (secondary N) is 2. The minimum absolute atomic E-state index is 0.0165. The number of amidine groups is 1. The van der Waals surface area contributed by atoms with E-state index in [1.807, 2.05) is 0 Å². The predicted octanol–water partition coefficient (Wildman–Crippen LogP) is 1.55. The molecule has 0 radical (unpaired) electrons. The summed E-state index contributed by atoms with van der Waals surface area (Å²) in [5.74, 6) is 5.41. The molecule has 1 aromatic carbocycles. The third kappa shape index (κ3) is 5.23. The minimum atomic E-state index is -0.497. The number of carbonyl (C=O) groups is 1. The van der Waals surface area contributed by atoms with Crippen LogP contribution in [-0.2, 0) is 0 Å². The number of hydrogen-bond donors (Lipinski definition) is 4. The van der Waals surface area contributed by atoms with Crippen LogP contribution in [0.5, 0.6) is 0 Å². The van der Waals surface area contributed by atoms with Gasteiger partial charge in [0.15, 0.2) is 5.84 Å². The lowest BCUT2D eigenvalue weighted by Gasteiger charge is -2.20. The highest BCUT2D eigenvalue weighted by atomic mass is 79.9. The van der Waals surface area contributed by atoms with Crippen LogP contribution in [0, 0.1) is 10.1 Å². The first-order chi connectivity index (χ1) is 15.2. The number of hydrazine groups is 1. The van der Waals surface area contributed by atoms with E-state index in [-0.39, 0.29) is 29.2 Å². The van der Waals surface area contributed by atoms with E-state index in [1.165, 1.54) is 19.3 Å². The number of pyridine rings is 1. The van der Waals surface area contributed by atoms with Gasteiger partial charge in [0.2, 0.25) is 0 Å². The number of nitro groups is 1. The Labute approximate surface area is 192 Å². The first-order valence-electron chi connectivity index (χ1n) is 9.69. The van der Waals surface area contributed by atoms with Crippen molar-refractivity contribution in [3.63, 3.8) is 0 Å². The maximum Gasteiger partial charge on any atom is 0.294 e. The molecule has 6 N–H and O–H groups in total. The predicted molar refractivity (Wildman–Crippen MR) is 125 cm³/mol. The number of carbonyl (C=O) groups excluding carboxylic acids is 1. The van der Waals surface area contributed by atoms with E-state index in [1.54, 1.807) is 30.3 Å². The third-order valence-corrected chi connectivity index (χ3v) is 5.38. The Morgan fingerprint density at radius 2 is 2.16 bits per heavy atom. The van der Waals surface area contributed by atoms with Crippen LogP contribution in [0.15, 0.2) is 40.2 Å². The lowest BCUT2D eigenvalue weighted by molar-refractivity contribution is -0.384. The largest absolute Gasteiger partial charge is 0.387 e. The number of halogens is 1. The van der Waals surface area contributed by atoms with Gasteiger partial charge in [-0.25, -0.2) is 11.0 Å². The second kappa shape index (κ2) is 9.78. The van der Waals surface area contributed by atoms with Crippen molar-refractivity contribution in [2.24, 2.45) is 16.7 Å². The highest BCUT2D eigenvalue weighted by Gasteiger charge is 2.30. The molecule has 1 saturated heterocycles. The SMILES string of the molecule is CNc1cncc(C(=O)N2CCC(Nc3c(/C(N)=N/N(C)N)cc(Br)cc3[N+](=O)[O-])C2)c1. The lowest BCUT2D eigenvalue weighted by atomic mass is 10.1. The van der Waals surface area contributed by atoms with E-state index in [0.29, 0.717) is 35.1 Å². The molecule has 1 amide bonds. The second-order valence-corrected chi connectivity index (χ2v) is 8.17. The van der Waals surface area contributed by atoms with Gasteiger partial charge in [-0.2, -0.15) is 0 Å². The van der Waals surface area contributed by atoms with E-state index >= 15 is 0 Å². The van der Waals surface area contributed by atoms with Crippen LogP contribution in [0.2, 0.25) is 0 Å². The molecule has 1 fully saturated rings. The Morgan fingerprint density at radius 1 is 1.41 bits per heavy atom. The Balaban J connectivity index is 1.86. The summed E-state index contributed by atoms with van der Waals surface area (Å²) in [4.78, 5) is 29.9. The molecule has 32 heavy (non-hydrogen) atoms. The first kappa shape index (κ1) is 23.2. The molecule has 170 valence electrons. The summed E-state index contributed by atoms with van der Waals surface area (Å²) in [5, 5.41) is 22.9. The van der Waals surface area contributed by atoms with Crippen molar-refractivity contribution in [3.05, 3.63) is 56.3 Å². The molecule has 3 rings (SSSR count). The fourth-order valence-electron chi connectivity index (χ4n) is 3.46. The first-order valence-corrected chi connectivity index (χ1v) is 10.5. The van der Waals surface area contributed by atoms with Crippen molar-refractivity contribution in [1.82, 2.24) is 15.0 Å². The fraction of sp³-hybridized carbons (Fsp3) is 0.316. The molecule has 1 unspecified atom stereocenters. The van der Waals surface area contributed by atoms with E-state index in [4.69, 9.17) is 11.6 Å². The molecule has 0 spiro atoms. The van der Waals surface area contributed by atoms with Gasteiger partial charge in [0, 0.05) is 61.7 Å². The average Bonchev–Trinajstić information content (AvgIpc) is 3.22. The molecule has 2 aromatic rings. The summed E-state index contributed by atoms with van der Waals surface area (Å²) in [6.45, 7) is 0.859. The van der Waals surface area contributed by atoms with Gasteiger partial charge in [0.1, 0.15) is 5.69 Å². The van der Waals surface area contributed by atoms with Crippen molar-refractivity contribution >= 4 is 44.7 Å². The zero-order chi connectivity index (χ0) is 23.4. The van der Waals surface area contributed by atoms with Crippen LogP contribution >= 0.6 is 15.9 Å². The van der Waals surface area contributed by atoms with Gasteiger partial charge < -0.3 is 21.3 Å². The molecule has 1 aromatic heterocycles. The molecule has 2 heterocycles. The number of anilines is 2. The average molecular weight is 506 g/mol. The van der Waals surface area contributed by atoms with E-state index in [9.17, 15) is 14.9 Å². The molecule has 1 aliphatic heterocycles. The van der Waals surface area contributed by atoms with Crippen molar-refractivity contribution in [3.8, 4) is 0 Å². The molecule has 0 saturated carbocycles.